The van der Waals surface area contributed by atoms with Gasteiger partial charge in [-0.1, -0.05) is 30.3 Å². The molecule has 2 atom stereocenters. The molecule has 0 saturated heterocycles. The lowest BCUT2D eigenvalue weighted by molar-refractivity contribution is -0.0372. The number of methoxy groups -OCH3 is 2. The van der Waals surface area contributed by atoms with Gasteiger partial charge in [0, 0.05) is 5.56 Å². The Labute approximate surface area is 131 Å². The molecule has 4 nitrogen and oxygen atoms in total. The number of hydrogen-bond acceptors (Lipinski definition) is 4. The number of para-hydroxylation sites is 1. The average Bonchev–Trinajstić information content (AvgIpc) is 2.59. The van der Waals surface area contributed by atoms with Crippen LogP contribution in [0.3, 0.4) is 0 Å². The van der Waals surface area contributed by atoms with E-state index < -0.39 is 6.10 Å². The van der Waals surface area contributed by atoms with Crippen molar-refractivity contribution >= 4 is 0 Å². The SMILES string of the molecule is COc1ccc(COC(C)[C@H](O)c2ccccc2OC)cc1. The molecule has 2 rings (SSSR count). The van der Waals surface area contributed by atoms with E-state index in [0.29, 0.717) is 12.4 Å². The number of hydrogen-bond donors (Lipinski definition) is 1. The summed E-state index contributed by atoms with van der Waals surface area (Å²) in [5.74, 6) is 1.47. The largest absolute Gasteiger partial charge is 0.497 e. The molecular weight excluding hydrogens is 280 g/mol. The molecule has 0 amide bonds. The highest BCUT2D eigenvalue weighted by Gasteiger charge is 2.20. The molecule has 0 spiro atoms. The lowest BCUT2D eigenvalue weighted by Gasteiger charge is -2.21. The highest BCUT2D eigenvalue weighted by Crippen LogP contribution is 2.28. The first-order valence-corrected chi connectivity index (χ1v) is 7.21. The number of aliphatic hydroxyl groups is 1. The minimum Gasteiger partial charge on any atom is -0.497 e. The van der Waals surface area contributed by atoms with Crippen molar-refractivity contribution in [1.82, 2.24) is 0 Å². The van der Waals surface area contributed by atoms with Crippen LogP contribution in [-0.4, -0.2) is 25.4 Å². The van der Waals surface area contributed by atoms with Crippen molar-refractivity contribution in [2.75, 3.05) is 14.2 Å². The molecule has 0 aliphatic rings. The lowest BCUT2D eigenvalue weighted by Crippen LogP contribution is -2.19. The predicted octanol–water partition coefficient (Wildman–Crippen LogP) is 3.34. The van der Waals surface area contributed by atoms with Crippen LogP contribution in [0.4, 0.5) is 0 Å². The van der Waals surface area contributed by atoms with Gasteiger partial charge in [-0.05, 0) is 30.7 Å². The van der Waals surface area contributed by atoms with Crippen LogP contribution in [0.15, 0.2) is 48.5 Å². The average molecular weight is 302 g/mol. The Balaban J connectivity index is 1.97. The fourth-order valence-electron chi connectivity index (χ4n) is 2.20. The smallest absolute Gasteiger partial charge is 0.124 e. The second-order valence-electron chi connectivity index (χ2n) is 5.05. The Hall–Kier alpha value is -2.04. The van der Waals surface area contributed by atoms with Crippen LogP contribution in [-0.2, 0) is 11.3 Å². The van der Waals surface area contributed by atoms with Crippen LogP contribution in [0.2, 0.25) is 0 Å². The van der Waals surface area contributed by atoms with Crippen LogP contribution in [0.25, 0.3) is 0 Å². The van der Waals surface area contributed by atoms with Crippen molar-refractivity contribution in [3.8, 4) is 11.5 Å². The van der Waals surface area contributed by atoms with Crippen LogP contribution in [0, 0.1) is 0 Å². The van der Waals surface area contributed by atoms with Gasteiger partial charge in [-0.25, -0.2) is 0 Å². The van der Waals surface area contributed by atoms with Gasteiger partial charge in [-0.15, -0.1) is 0 Å². The van der Waals surface area contributed by atoms with E-state index in [1.165, 1.54) is 0 Å². The van der Waals surface area contributed by atoms with E-state index in [-0.39, 0.29) is 6.10 Å². The Morgan fingerprint density at radius 2 is 1.64 bits per heavy atom. The first-order chi connectivity index (χ1) is 10.7. The van der Waals surface area contributed by atoms with E-state index >= 15 is 0 Å². The minimum absolute atomic E-state index is 0.349. The fourth-order valence-corrected chi connectivity index (χ4v) is 2.20. The molecule has 0 aliphatic carbocycles. The van der Waals surface area contributed by atoms with Gasteiger partial charge < -0.3 is 19.3 Å². The van der Waals surface area contributed by atoms with Gasteiger partial charge in [0.25, 0.3) is 0 Å². The Morgan fingerprint density at radius 3 is 2.27 bits per heavy atom. The molecule has 0 bridgehead atoms. The summed E-state index contributed by atoms with van der Waals surface area (Å²) in [7, 11) is 3.23. The zero-order valence-electron chi connectivity index (χ0n) is 13.2. The summed E-state index contributed by atoms with van der Waals surface area (Å²) in [5.41, 5.74) is 1.76. The van der Waals surface area contributed by atoms with E-state index in [1.54, 1.807) is 14.2 Å². The van der Waals surface area contributed by atoms with Crippen molar-refractivity contribution in [2.24, 2.45) is 0 Å². The second-order valence-corrected chi connectivity index (χ2v) is 5.05. The van der Waals surface area contributed by atoms with Crippen LogP contribution >= 0.6 is 0 Å². The lowest BCUT2D eigenvalue weighted by atomic mass is 10.0. The summed E-state index contributed by atoms with van der Waals surface area (Å²) < 4.78 is 16.2. The van der Waals surface area contributed by atoms with Crippen LogP contribution < -0.4 is 9.47 Å². The van der Waals surface area contributed by atoms with Gasteiger partial charge in [0.15, 0.2) is 0 Å². The molecule has 0 aliphatic heterocycles. The Morgan fingerprint density at radius 1 is 0.955 bits per heavy atom. The molecule has 2 aromatic carbocycles. The Kier molecular flexibility index (Phi) is 5.81. The summed E-state index contributed by atoms with van der Waals surface area (Å²) >= 11 is 0. The number of ether oxygens (including phenoxy) is 3. The van der Waals surface area contributed by atoms with Crippen LogP contribution in [0.1, 0.15) is 24.2 Å². The van der Waals surface area contributed by atoms with E-state index in [1.807, 2.05) is 55.5 Å². The first-order valence-electron chi connectivity index (χ1n) is 7.21. The maximum atomic E-state index is 10.4. The van der Waals surface area contributed by atoms with Crippen LogP contribution in [0.5, 0.6) is 11.5 Å². The summed E-state index contributed by atoms with van der Waals surface area (Å²) in [4.78, 5) is 0. The standard InChI is InChI=1S/C18H22O4/c1-13(18(19)16-6-4-5-7-17(16)21-3)22-12-14-8-10-15(20-2)11-9-14/h4-11,13,18-19H,12H2,1-3H3/t13?,18-/m0/s1. The van der Waals surface area contributed by atoms with Gasteiger partial charge >= 0.3 is 0 Å². The van der Waals surface area contributed by atoms with E-state index in [4.69, 9.17) is 14.2 Å². The molecule has 0 fully saturated rings. The molecule has 1 unspecified atom stereocenters. The summed E-state index contributed by atoms with van der Waals surface area (Å²) in [6.07, 6.45) is -1.09. The molecule has 22 heavy (non-hydrogen) atoms. The van der Waals surface area contributed by atoms with E-state index in [2.05, 4.69) is 0 Å². The van der Waals surface area contributed by atoms with Crippen molar-refractivity contribution < 1.29 is 19.3 Å². The van der Waals surface area contributed by atoms with Crippen molar-refractivity contribution in [3.63, 3.8) is 0 Å². The van der Waals surface area contributed by atoms with Crippen molar-refractivity contribution in [2.45, 2.75) is 25.7 Å². The number of aliphatic hydroxyl groups excluding tert-OH is 1. The molecule has 0 saturated carbocycles. The number of rotatable bonds is 7. The molecular formula is C18H22O4. The molecule has 0 aromatic heterocycles. The molecule has 0 radical (unpaired) electrons. The topological polar surface area (TPSA) is 47.9 Å². The fraction of sp³-hybridized carbons (Fsp3) is 0.333. The van der Waals surface area contributed by atoms with Gasteiger partial charge in [0.1, 0.15) is 17.6 Å². The van der Waals surface area contributed by atoms with Gasteiger partial charge in [-0.3, -0.25) is 0 Å². The molecule has 2 aromatic rings. The molecule has 1 N–H and O–H groups in total. The van der Waals surface area contributed by atoms with E-state index in [9.17, 15) is 5.11 Å². The maximum absolute atomic E-state index is 10.4. The maximum Gasteiger partial charge on any atom is 0.124 e. The zero-order valence-corrected chi connectivity index (χ0v) is 13.2. The normalized spacial score (nSPS) is 13.5. The Bertz CT molecular complexity index is 580. The zero-order chi connectivity index (χ0) is 15.9. The van der Waals surface area contributed by atoms with Crippen molar-refractivity contribution in [1.29, 1.82) is 0 Å². The second kappa shape index (κ2) is 7.82. The molecule has 0 heterocycles. The summed E-state index contributed by atoms with van der Waals surface area (Å²) in [6, 6.07) is 15.1. The quantitative estimate of drug-likeness (QED) is 0.852. The highest BCUT2D eigenvalue weighted by molar-refractivity contribution is 5.35. The summed E-state index contributed by atoms with van der Waals surface area (Å²) in [5, 5.41) is 10.4. The third-order valence-electron chi connectivity index (χ3n) is 3.57. The van der Waals surface area contributed by atoms with Gasteiger partial charge in [-0.2, -0.15) is 0 Å². The number of benzene rings is 2. The van der Waals surface area contributed by atoms with Crippen molar-refractivity contribution in [3.05, 3.63) is 59.7 Å². The molecule has 4 heteroatoms. The molecule has 118 valence electrons. The third kappa shape index (κ3) is 4.00. The first kappa shape index (κ1) is 16.3. The van der Waals surface area contributed by atoms with E-state index in [0.717, 1.165) is 16.9 Å². The minimum atomic E-state index is -0.741. The highest BCUT2D eigenvalue weighted by atomic mass is 16.5. The predicted molar refractivity (Wildman–Crippen MR) is 85.2 cm³/mol. The van der Waals surface area contributed by atoms with Gasteiger partial charge in [0.05, 0.1) is 26.9 Å². The third-order valence-corrected chi connectivity index (χ3v) is 3.57. The van der Waals surface area contributed by atoms with Gasteiger partial charge in [0.2, 0.25) is 0 Å². The summed E-state index contributed by atoms with van der Waals surface area (Å²) in [6.45, 7) is 2.28. The monoisotopic (exact) mass is 302 g/mol.